The molecular weight excluding hydrogens is 590 g/mol. The van der Waals surface area contributed by atoms with Crippen LogP contribution in [-0.4, -0.2) is 64.0 Å². The van der Waals surface area contributed by atoms with Crippen LogP contribution in [0.3, 0.4) is 0 Å². The minimum atomic E-state index is -0.883. The van der Waals surface area contributed by atoms with Crippen LogP contribution in [0.25, 0.3) is 11.0 Å². The molecule has 43 heavy (non-hydrogen) atoms. The zero-order chi connectivity index (χ0) is 30.0. The van der Waals surface area contributed by atoms with Gasteiger partial charge in [-0.1, -0.05) is 46.1 Å². The fraction of sp³-hybridized carbons (Fsp3) is 0.656. The first-order valence-electron chi connectivity index (χ1n) is 15.6. The summed E-state index contributed by atoms with van der Waals surface area (Å²) in [5.74, 6) is 0.766. The molecule has 6 rings (SSSR count). The molecule has 1 aromatic carbocycles. The van der Waals surface area contributed by atoms with E-state index in [2.05, 4.69) is 10.3 Å². The molecule has 2 aromatic rings. The van der Waals surface area contributed by atoms with E-state index < -0.39 is 36.0 Å². The van der Waals surface area contributed by atoms with Crippen LogP contribution in [0.15, 0.2) is 18.2 Å². The molecule has 2 amide bonds. The monoisotopic (exact) mass is 634 g/mol. The van der Waals surface area contributed by atoms with Gasteiger partial charge in [-0.05, 0) is 74.8 Å². The predicted octanol–water partition coefficient (Wildman–Crippen LogP) is 5.39. The van der Waals surface area contributed by atoms with Crippen molar-refractivity contribution in [2.24, 2.45) is 23.7 Å². The van der Waals surface area contributed by atoms with Crippen LogP contribution in [0, 0.1) is 29.5 Å². The number of aromatic nitrogens is 2. The van der Waals surface area contributed by atoms with E-state index in [9.17, 15) is 18.8 Å². The molecule has 4 aliphatic rings. The fourth-order valence-electron chi connectivity index (χ4n) is 7.17. The van der Waals surface area contributed by atoms with Gasteiger partial charge in [-0.25, -0.2) is 25.4 Å². The maximum atomic E-state index is 14.0. The Morgan fingerprint density at radius 2 is 1.86 bits per heavy atom. The van der Waals surface area contributed by atoms with Gasteiger partial charge in [-0.2, -0.15) is 0 Å². The summed E-state index contributed by atoms with van der Waals surface area (Å²) >= 11 is 0. The molecule has 1 N–H and O–H groups in total. The largest absolute Gasteiger partial charge is 0.540 e. The Balaban J connectivity index is 0.00000130. The summed E-state index contributed by atoms with van der Waals surface area (Å²) in [6.07, 6.45) is 7.92. The van der Waals surface area contributed by atoms with E-state index in [1.165, 1.54) is 23.5 Å². The number of rotatable bonds is 2. The number of halogens is 1. The summed E-state index contributed by atoms with van der Waals surface area (Å²) in [6, 6.07) is 2.61. The molecular formula is C32H44FN4O5V-. The average Bonchev–Trinajstić information content (AvgIpc) is 3.53. The predicted molar refractivity (Wildman–Crippen MR) is 157 cm³/mol. The third-order valence-electron chi connectivity index (χ3n) is 9.35. The van der Waals surface area contributed by atoms with Crippen LogP contribution >= 0.6 is 0 Å². The van der Waals surface area contributed by atoms with Crippen LogP contribution in [0.2, 0.25) is 0 Å². The first-order chi connectivity index (χ1) is 20.4. The molecule has 3 fully saturated rings. The minimum absolute atomic E-state index is 0. The molecule has 3 heterocycles. The Morgan fingerprint density at radius 3 is 2.60 bits per heavy atom. The molecule has 8 atom stereocenters. The third-order valence-corrected chi connectivity index (χ3v) is 9.35. The van der Waals surface area contributed by atoms with E-state index in [4.69, 9.17) is 14.5 Å². The summed E-state index contributed by atoms with van der Waals surface area (Å²) in [4.78, 5) is 49.2. The second-order valence-electron chi connectivity index (χ2n) is 11.9. The van der Waals surface area contributed by atoms with Gasteiger partial charge in [0.1, 0.15) is 29.8 Å². The van der Waals surface area contributed by atoms with E-state index in [1.807, 2.05) is 27.1 Å². The second kappa shape index (κ2) is 14.4. The van der Waals surface area contributed by atoms with Gasteiger partial charge in [-0.15, -0.1) is 0 Å². The number of carbonyl (C=O) groups is 2. The number of hydrogen-bond acceptors (Lipinski definition) is 7. The quantitative estimate of drug-likeness (QED) is 0.442. The zero-order valence-corrected chi connectivity index (χ0v) is 26.8. The van der Waals surface area contributed by atoms with E-state index in [-0.39, 0.29) is 38.5 Å². The molecule has 2 aliphatic carbocycles. The van der Waals surface area contributed by atoms with Crippen LogP contribution in [0.5, 0.6) is 5.88 Å². The Labute approximate surface area is 266 Å². The third kappa shape index (κ3) is 7.01. The van der Waals surface area contributed by atoms with Crippen molar-refractivity contribution in [1.29, 1.82) is 0 Å². The fourth-order valence-corrected chi connectivity index (χ4v) is 7.17. The van der Waals surface area contributed by atoms with Crippen molar-refractivity contribution in [2.75, 3.05) is 6.54 Å². The number of nitrogens with one attached hydrogen (secondary N) is 1. The molecule has 235 valence electrons. The molecule has 2 saturated carbocycles. The average molecular weight is 635 g/mol. The number of nitrogens with zero attached hydrogens (tertiary/aromatic N) is 3. The molecule has 9 nitrogen and oxygen atoms in total. The second-order valence-corrected chi connectivity index (χ2v) is 11.9. The van der Waals surface area contributed by atoms with Gasteiger partial charge in [-0.3, -0.25) is 4.79 Å². The normalized spacial score (nSPS) is 32.2. The Kier molecular flexibility index (Phi) is 11.1. The van der Waals surface area contributed by atoms with Crippen LogP contribution in [-0.2, 0) is 39.3 Å². The molecule has 1 radical (unpaired) electrons. The summed E-state index contributed by atoms with van der Waals surface area (Å²) in [7, 11) is 0. The zero-order valence-electron chi connectivity index (χ0n) is 25.4. The van der Waals surface area contributed by atoms with E-state index in [0.717, 1.165) is 32.1 Å². The number of ether oxygens (including phenoxy) is 2. The van der Waals surface area contributed by atoms with E-state index in [0.29, 0.717) is 53.2 Å². The van der Waals surface area contributed by atoms with Gasteiger partial charge in [0.25, 0.3) is 0 Å². The Hall–Kier alpha value is -2.72. The first-order valence-corrected chi connectivity index (χ1v) is 15.6. The summed E-state index contributed by atoms with van der Waals surface area (Å²) in [6.45, 7) is 7.66. The number of hydrogen-bond donors (Lipinski definition) is 1. The van der Waals surface area contributed by atoms with Crippen LogP contribution in [0.4, 0.5) is 9.18 Å². The van der Waals surface area contributed by atoms with Crippen LogP contribution in [0.1, 0.15) is 79.8 Å². The number of carbonyl (C=O) groups excluding carboxylic acids is 3. The summed E-state index contributed by atoms with van der Waals surface area (Å²) in [5.41, 5.74) is 1.67. The number of benzene rings is 1. The molecule has 1 saturated heterocycles. The van der Waals surface area contributed by atoms with Crippen molar-refractivity contribution in [1.82, 2.24) is 20.2 Å². The van der Waals surface area contributed by atoms with Gasteiger partial charge in [0.05, 0.1) is 17.6 Å². The van der Waals surface area contributed by atoms with Gasteiger partial charge in [0.2, 0.25) is 11.8 Å². The van der Waals surface area contributed by atoms with Gasteiger partial charge in [0, 0.05) is 26.0 Å². The number of amides is 2. The topological polar surface area (TPSA) is 111 Å². The Bertz CT molecular complexity index is 1320. The molecule has 4 unspecified atom stereocenters. The van der Waals surface area contributed by atoms with Crippen molar-refractivity contribution in [2.45, 2.75) is 103 Å². The number of aryl methyl sites for hydroxylation is 1. The maximum Gasteiger partial charge on any atom is 0.408 e. The van der Waals surface area contributed by atoms with E-state index >= 15 is 0 Å². The molecule has 2 bridgehead atoms. The van der Waals surface area contributed by atoms with E-state index in [1.54, 1.807) is 13.0 Å². The van der Waals surface area contributed by atoms with Crippen molar-refractivity contribution < 1.29 is 48.2 Å². The van der Waals surface area contributed by atoms with Gasteiger partial charge in [0.15, 0.2) is 0 Å². The molecule has 1 aromatic heterocycles. The maximum absolute atomic E-state index is 14.0. The minimum Gasteiger partial charge on any atom is -0.540 e. The standard InChI is InChI=1S/C30H36FN4O5.C2H6.V.H2/c1-3-19-25(15-36)35-14-27(19)39-28-23(33-22-10-9-18(31)13-24(22)34-28)8-6-4-5-7-20-21-11-17(21)12-26(20)40-30(38)32-16(2)29(35)37;1-2;;/h9-10,13,16-17,19-21,25-27H,3-8,11-12,14H2,1-2H3,(H,32,38);1-2H3;;1H/q-1;;;/t16-,17?,19-,20?,21?,25?,26+,27-;;;/m0.../s1. The summed E-state index contributed by atoms with van der Waals surface area (Å²) < 4.78 is 26.3. The molecule has 2 aliphatic heterocycles. The number of fused-ring (bicyclic) bond motifs is 7. The van der Waals surface area contributed by atoms with Crippen molar-refractivity contribution >= 4 is 29.3 Å². The van der Waals surface area contributed by atoms with Crippen molar-refractivity contribution in [3.05, 3.63) is 29.7 Å². The smallest absolute Gasteiger partial charge is 0.408 e. The summed E-state index contributed by atoms with van der Waals surface area (Å²) in [5, 5.41) is 2.70. The molecule has 0 spiro atoms. The SMILES string of the molecule is CC.CC[C@H]1C([C-]=O)N2C[C@@H]1Oc1nc3cc(F)ccc3nc1CCCCCC1C3CC3C[C@H]1OC(=O)N[C@@H](C)C2=O.[HH].[V]. The van der Waals surface area contributed by atoms with Crippen LogP contribution < -0.4 is 10.1 Å². The number of alkyl carbamates (subject to hydrolysis) is 1. The molecule has 11 heteroatoms. The van der Waals surface area contributed by atoms with Gasteiger partial charge >= 0.3 is 6.09 Å². The van der Waals surface area contributed by atoms with Crippen molar-refractivity contribution in [3.63, 3.8) is 0 Å². The Morgan fingerprint density at radius 1 is 1.07 bits per heavy atom. The van der Waals surface area contributed by atoms with Gasteiger partial charge < -0.3 is 24.5 Å². The van der Waals surface area contributed by atoms with Crippen molar-refractivity contribution in [3.8, 4) is 5.88 Å². The first kappa shape index (κ1) is 33.2.